The number of pyridine rings is 1. The largest absolute Gasteiger partial charge is 0.489 e. The van der Waals surface area contributed by atoms with Gasteiger partial charge in [0, 0.05) is 29.8 Å². The molecule has 9 atom stereocenters. The molecule has 1 aromatic heterocycles. The first-order valence-corrected chi connectivity index (χ1v) is 26.5. The number of sulfonamides is 1. The number of amides is 4. The van der Waals surface area contributed by atoms with Gasteiger partial charge in [-0.15, -0.1) is 6.58 Å². The highest BCUT2D eigenvalue weighted by molar-refractivity contribution is 7.91. The van der Waals surface area contributed by atoms with Crippen LogP contribution in [0.25, 0.3) is 10.9 Å². The summed E-state index contributed by atoms with van der Waals surface area (Å²) in [5, 5.41) is 6.90. The van der Waals surface area contributed by atoms with Crippen molar-refractivity contribution in [3.05, 3.63) is 42.5 Å². The summed E-state index contributed by atoms with van der Waals surface area (Å²) in [4.78, 5) is 67.2. The van der Waals surface area contributed by atoms with Gasteiger partial charge in [-0.3, -0.25) is 19.1 Å². The summed E-state index contributed by atoms with van der Waals surface area (Å²) < 4.78 is 48.1. The lowest BCUT2D eigenvalue weighted by molar-refractivity contribution is -0.145. The number of fused-ring (bicyclic) bond motifs is 7. The van der Waals surface area contributed by atoms with Gasteiger partial charge in [0.15, 0.2) is 0 Å². The summed E-state index contributed by atoms with van der Waals surface area (Å²) in [6, 6.07) is 6.88. The lowest BCUT2D eigenvalue weighted by Gasteiger charge is -2.47. The van der Waals surface area contributed by atoms with E-state index in [9.17, 15) is 22.8 Å². The van der Waals surface area contributed by atoms with Crippen molar-refractivity contribution in [2.24, 2.45) is 17.8 Å². The van der Waals surface area contributed by atoms with Crippen molar-refractivity contribution in [2.75, 3.05) is 13.6 Å². The number of ether oxygens (including phenoxy) is 3. The van der Waals surface area contributed by atoms with E-state index < -0.39 is 68.2 Å². The predicted octanol–water partition coefficient (Wildman–Crippen LogP) is 6.22. The van der Waals surface area contributed by atoms with Gasteiger partial charge in [-0.2, -0.15) is 0 Å². The van der Waals surface area contributed by atoms with Crippen molar-refractivity contribution in [2.45, 2.75) is 188 Å². The first kappa shape index (κ1) is 45.3. The Hall–Kier alpha value is -4.44. The number of aromatic nitrogens is 1. The smallest absolute Gasteiger partial charge is 0.408 e. The Morgan fingerprint density at radius 2 is 1.62 bits per heavy atom. The van der Waals surface area contributed by atoms with Crippen molar-refractivity contribution in [1.82, 2.24) is 30.1 Å². The van der Waals surface area contributed by atoms with Crippen molar-refractivity contribution in [3.8, 4) is 11.6 Å². The molecule has 3 N–H and O–H groups in total. The molecule has 4 aliphatic heterocycles. The van der Waals surface area contributed by atoms with Crippen LogP contribution in [0, 0.1) is 17.8 Å². The molecule has 8 aliphatic rings. The van der Waals surface area contributed by atoms with Crippen molar-refractivity contribution in [1.29, 1.82) is 0 Å². The van der Waals surface area contributed by atoms with Gasteiger partial charge in [-0.05, 0) is 128 Å². The van der Waals surface area contributed by atoms with Crippen LogP contribution >= 0.6 is 0 Å². The van der Waals surface area contributed by atoms with E-state index >= 15 is 4.79 Å². The van der Waals surface area contributed by atoms with Gasteiger partial charge in [-0.1, -0.05) is 50.3 Å². The third-order valence-corrected chi connectivity index (χ3v) is 19.2. The molecule has 3 saturated heterocycles. The fourth-order valence-electron chi connectivity index (χ4n) is 12.2. The summed E-state index contributed by atoms with van der Waals surface area (Å²) in [6.07, 6.45) is 15.4. The molecule has 7 fully saturated rings. The zero-order chi connectivity index (χ0) is 46.0. The Morgan fingerprint density at radius 1 is 0.909 bits per heavy atom. The zero-order valence-electron chi connectivity index (χ0n) is 38.6. The molecule has 1 aromatic carbocycles. The van der Waals surface area contributed by atoms with Crippen LogP contribution in [0.5, 0.6) is 11.6 Å². The second-order valence-corrected chi connectivity index (χ2v) is 23.5. The molecule has 4 amide bonds. The molecule has 0 radical (unpaired) electrons. The number of nitrogens with zero attached hydrogens (tertiary/aromatic N) is 3. The maximum absolute atomic E-state index is 15.2. The van der Waals surface area contributed by atoms with Crippen LogP contribution in [-0.4, -0.2) is 113 Å². The van der Waals surface area contributed by atoms with Gasteiger partial charge in [0.2, 0.25) is 27.7 Å². The van der Waals surface area contributed by atoms with E-state index in [1.165, 1.54) is 17.7 Å². The molecule has 66 heavy (non-hydrogen) atoms. The van der Waals surface area contributed by atoms with Gasteiger partial charge in [0.05, 0.1) is 22.4 Å². The minimum atomic E-state index is -4.02. The Kier molecular flexibility index (Phi) is 12.3. The number of hydrogen-bond acceptors (Lipinski definition) is 11. The van der Waals surface area contributed by atoms with Crippen LogP contribution in [0.3, 0.4) is 0 Å². The molecule has 4 saturated carbocycles. The monoisotopic (exact) mass is 928 g/mol. The highest BCUT2D eigenvalue weighted by Gasteiger charge is 2.58. The minimum absolute atomic E-state index is 0.0147. The second kappa shape index (κ2) is 17.9. The van der Waals surface area contributed by atoms with E-state index in [1.54, 1.807) is 13.0 Å². The quantitative estimate of drug-likeness (QED) is 0.243. The number of benzene rings is 1. The molecule has 10 rings (SSSR count). The molecule has 4 aliphatic carbocycles. The molecule has 5 heterocycles. The van der Waals surface area contributed by atoms with Crippen molar-refractivity contribution >= 4 is 44.7 Å². The average Bonchev–Trinajstić information content (AvgIpc) is 4.17. The summed E-state index contributed by atoms with van der Waals surface area (Å²) in [5.41, 5.74) is 0.0270. The van der Waals surface area contributed by atoms with Crippen LogP contribution < -0.4 is 24.8 Å². The molecule has 2 aromatic rings. The minimum Gasteiger partial charge on any atom is -0.489 e. The van der Waals surface area contributed by atoms with Crippen LogP contribution in [0.4, 0.5) is 4.79 Å². The Balaban J connectivity index is 1.01. The van der Waals surface area contributed by atoms with Gasteiger partial charge < -0.3 is 34.6 Å². The SMILES string of the molecule is C=CC1CCC1(NC(=O)C1CC2CN1C(=O)C(C1CCCCC1)NC(=O)OC1CC1CCCCCc1c(nc3ccccc3c1OC1CC3CCC(C1)N3C)O2)C(=O)NS(=O)(=O)C1(C)CC1. The lowest BCUT2D eigenvalue weighted by atomic mass is 9.66. The number of rotatable bonds is 9. The summed E-state index contributed by atoms with van der Waals surface area (Å²) in [6.45, 7) is 5.55. The number of para-hydroxylation sites is 1. The summed E-state index contributed by atoms with van der Waals surface area (Å²) in [5.74, 6) is -1.05. The summed E-state index contributed by atoms with van der Waals surface area (Å²) in [7, 11) is -1.80. The molecule has 4 bridgehead atoms. The highest BCUT2D eigenvalue weighted by atomic mass is 32.2. The van der Waals surface area contributed by atoms with E-state index in [2.05, 4.69) is 39.9 Å². The van der Waals surface area contributed by atoms with E-state index in [1.807, 2.05) is 18.2 Å². The van der Waals surface area contributed by atoms with Gasteiger partial charge in [-0.25, -0.2) is 18.2 Å². The average molecular weight is 929 g/mol. The molecule has 9 unspecified atom stereocenters. The van der Waals surface area contributed by atoms with E-state index in [0.717, 1.165) is 99.3 Å². The van der Waals surface area contributed by atoms with Gasteiger partial charge in [0.25, 0.3) is 5.91 Å². The lowest BCUT2D eigenvalue weighted by Crippen LogP contribution is -2.70. The topological polar surface area (TPSA) is 186 Å². The number of nitrogens with one attached hydrogen (secondary N) is 3. The van der Waals surface area contributed by atoms with Gasteiger partial charge >= 0.3 is 6.09 Å². The number of alkyl carbamates (subject to hydrolysis) is 1. The fraction of sp³-hybridized carbons (Fsp3) is 0.700. The molecule has 15 nitrogen and oxygen atoms in total. The summed E-state index contributed by atoms with van der Waals surface area (Å²) >= 11 is 0. The van der Waals surface area contributed by atoms with E-state index in [0.29, 0.717) is 43.6 Å². The second-order valence-electron chi connectivity index (χ2n) is 21.3. The number of piperidine rings is 1. The first-order chi connectivity index (χ1) is 31.8. The Morgan fingerprint density at radius 3 is 2.32 bits per heavy atom. The van der Waals surface area contributed by atoms with E-state index in [4.69, 9.17) is 19.2 Å². The fourth-order valence-corrected chi connectivity index (χ4v) is 13.5. The highest BCUT2D eigenvalue weighted by Crippen LogP contribution is 2.46. The van der Waals surface area contributed by atoms with Crippen LogP contribution in [0.2, 0.25) is 0 Å². The zero-order valence-corrected chi connectivity index (χ0v) is 39.5. The number of hydrogen-bond donors (Lipinski definition) is 3. The van der Waals surface area contributed by atoms with Gasteiger partial charge in [0.1, 0.15) is 41.7 Å². The number of carbonyl (C=O) groups excluding carboxylic acids is 4. The normalized spacial score (nSPS) is 34.8. The first-order valence-electron chi connectivity index (χ1n) is 25.0. The maximum atomic E-state index is 15.2. The van der Waals surface area contributed by atoms with Crippen LogP contribution in [0.1, 0.15) is 134 Å². The molecule has 16 heteroatoms. The molecular weight excluding hydrogens is 861 g/mol. The third-order valence-electron chi connectivity index (χ3n) is 17.0. The standard InChI is InChI=1S/C50H68N6O9S/c1-4-32-21-22-50(32,47(59)54-66(61,62)49(2)23-24-49)53-44(57)40-28-36-29-56(40)46(58)42(30-13-7-5-8-14-30)52-48(60)65-41-25-31(41)15-9-6-10-17-38-43(37-16-11-12-18-39(37)51-45(38)64-36)63-35-26-33-19-20-34(27-35)55(33)3/h4,11-12,16,18,30-36,40-42H,1,5-10,13-15,17,19-29H2,2-3H3,(H,52,60)(H,53,57)(H,54,59). The number of carbonyl (C=O) groups is 4. The molecule has 0 spiro atoms. The van der Waals surface area contributed by atoms with Crippen LogP contribution in [0.15, 0.2) is 36.9 Å². The molecular formula is C50H68N6O9S. The predicted molar refractivity (Wildman–Crippen MR) is 247 cm³/mol. The maximum Gasteiger partial charge on any atom is 0.408 e. The molecule has 358 valence electrons. The third kappa shape index (κ3) is 8.66. The van der Waals surface area contributed by atoms with Crippen LogP contribution in [-0.2, 0) is 35.6 Å². The Bertz CT molecular complexity index is 2340. The van der Waals surface area contributed by atoms with Crippen molar-refractivity contribution in [3.63, 3.8) is 0 Å². The van der Waals surface area contributed by atoms with Crippen molar-refractivity contribution < 1.29 is 41.8 Å². The van der Waals surface area contributed by atoms with E-state index in [-0.39, 0.29) is 43.4 Å². The Labute approximate surface area is 388 Å².